The van der Waals surface area contributed by atoms with Crippen molar-refractivity contribution in [1.29, 1.82) is 0 Å². The summed E-state index contributed by atoms with van der Waals surface area (Å²) >= 11 is 2.04. The molecule has 1 heterocycles. The number of thioether (sulfide) groups is 1. The number of carbonyl (C=O) groups is 1. The number of nitrogens with two attached hydrogens (primary N) is 1. The largest absolute Gasteiger partial charge is 0.333 e. The average molecular weight is 522 g/mol. The normalized spacial score (nSPS) is 13.4. The van der Waals surface area contributed by atoms with E-state index in [-0.39, 0.29) is 5.82 Å². The van der Waals surface area contributed by atoms with E-state index in [4.69, 9.17) is 4.79 Å². The van der Waals surface area contributed by atoms with Crippen molar-refractivity contribution in [3.8, 4) is 11.1 Å². The van der Waals surface area contributed by atoms with Crippen LogP contribution in [0.3, 0.4) is 0 Å². The van der Waals surface area contributed by atoms with Crippen LogP contribution < -0.4 is 11.2 Å². The van der Waals surface area contributed by atoms with Gasteiger partial charge in [0.15, 0.2) is 5.84 Å². The van der Waals surface area contributed by atoms with Crippen LogP contribution in [0.25, 0.3) is 11.1 Å². The fraction of sp³-hybridized carbons (Fsp3) is 0.276. The van der Waals surface area contributed by atoms with Crippen LogP contribution in [0, 0.1) is 5.82 Å². The molecule has 0 saturated carbocycles. The quantitative estimate of drug-likeness (QED) is 0.253. The second kappa shape index (κ2) is 17.2. The van der Waals surface area contributed by atoms with E-state index in [1.54, 1.807) is 12.1 Å². The minimum atomic E-state index is -0.252. The van der Waals surface area contributed by atoms with E-state index >= 15 is 0 Å². The number of hydrogen-bond donors (Lipinski definition) is 2. The smallest absolute Gasteiger partial charge is 0.151 e. The third-order valence-electron chi connectivity index (χ3n) is 5.67. The van der Waals surface area contributed by atoms with Crippen molar-refractivity contribution in [3.05, 3.63) is 95.3 Å². The summed E-state index contributed by atoms with van der Waals surface area (Å²) in [6.45, 7) is 9.55. The Balaban J connectivity index is 0.00000115. The molecular weight excluding hydrogens is 485 g/mol. The zero-order chi connectivity index (χ0) is 26.9. The van der Waals surface area contributed by atoms with Gasteiger partial charge in [0.25, 0.3) is 0 Å². The predicted octanol–water partition coefficient (Wildman–Crippen LogP) is 4.78. The molecule has 3 N–H and O–H groups in total. The van der Waals surface area contributed by atoms with E-state index in [9.17, 15) is 4.39 Å². The molecule has 1 saturated heterocycles. The minimum Gasteiger partial charge on any atom is -0.333 e. The van der Waals surface area contributed by atoms with Gasteiger partial charge >= 0.3 is 0 Å². The molecule has 0 aromatic heterocycles. The van der Waals surface area contributed by atoms with Gasteiger partial charge in [0.2, 0.25) is 0 Å². The number of carbonyl (C=O) groups excluding carboxylic acids is 1. The van der Waals surface area contributed by atoms with Crippen LogP contribution in [0.4, 0.5) is 4.39 Å². The number of benzene rings is 3. The molecular formula is C29H36FN5OS. The second-order valence-electron chi connectivity index (χ2n) is 8.11. The summed E-state index contributed by atoms with van der Waals surface area (Å²) in [5.41, 5.74) is 13.5. The van der Waals surface area contributed by atoms with Crippen molar-refractivity contribution in [3.63, 3.8) is 0 Å². The van der Waals surface area contributed by atoms with E-state index in [0.29, 0.717) is 18.8 Å². The summed E-state index contributed by atoms with van der Waals surface area (Å²) in [6.07, 6.45) is 0.502. The first kappa shape index (κ1) is 29.9. The van der Waals surface area contributed by atoms with Crippen LogP contribution in [0.1, 0.15) is 16.7 Å². The van der Waals surface area contributed by atoms with Crippen LogP contribution in [0.15, 0.2) is 82.9 Å². The lowest BCUT2D eigenvalue weighted by Crippen LogP contribution is -2.31. The lowest BCUT2D eigenvalue weighted by Gasteiger charge is -2.26. The summed E-state index contributed by atoms with van der Waals surface area (Å²) in [6, 6.07) is 23.7. The van der Waals surface area contributed by atoms with Gasteiger partial charge in [0.1, 0.15) is 12.6 Å². The first-order chi connectivity index (χ1) is 18.2. The Kier molecular flexibility index (Phi) is 13.9. The van der Waals surface area contributed by atoms with E-state index in [2.05, 4.69) is 81.4 Å². The molecule has 1 fully saturated rings. The number of hydrogen-bond acceptors (Lipinski definition) is 6. The Labute approximate surface area is 223 Å². The van der Waals surface area contributed by atoms with Gasteiger partial charge in [-0.05, 0) is 59.8 Å². The Morgan fingerprint density at radius 1 is 0.946 bits per heavy atom. The van der Waals surface area contributed by atoms with Crippen molar-refractivity contribution in [2.45, 2.75) is 19.5 Å². The lowest BCUT2D eigenvalue weighted by molar-refractivity contribution is -0.0979. The number of halogens is 1. The third-order valence-corrected chi connectivity index (χ3v) is 6.62. The summed E-state index contributed by atoms with van der Waals surface area (Å²) in [5.74, 6) is 2.78. The summed E-state index contributed by atoms with van der Waals surface area (Å²) in [4.78, 5) is 14.5. The Morgan fingerprint density at radius 2 is 1.59 bits per heavy atom. The fourth-order valence-corrected chi connectivity index (χ4v) is 4.80. The Hall–Kier alpha value is -3.33. The van der Waals surface area contributed by atoms with Crippen LogP contribution in [-0.4, -0.2) is 55.9 Å². The molecule has 196 valence electrons. The van der Waals surface area contributed by atoms with E-state index < -0.39 is 0 Å². The van der Waals surface area contributed by atoms with Crippen molar-refractivity contribution in [1.82, 2.24) is 10.3 Å². The highest BCUT2D eigenvalue weighted by Crippen LogP contribution is 2.22. The summed E-state index contributed by atoms with van der Waals surface area (Å²) < 4.78 is 13.1. The van der Waals surface area contributed by atoms with Gasteiger partial charge in [-0.15, -0.1) is 0 Å². The maximum atomic E-state index is 13.1. The lowest BCUT2D eigenvalue weighted by atomic mass is 10.0. The van der Waals surface area contributed by atoms with Gasteiger partial charge in [-0.3, -0.25) is 4.90 Å². The molecule has 0 unspecified atom stereocenters. The Bertz CT molecular complexity index is 1100. The van der Waals surface area contributed by atoms with Gasteiger partial charge in [0, 0.05) is 37.6 Å². The van der Waals surface area contributed by atoms with Crippen molar-refractivity contribution in [2.24, 2.45) is 15.8 Å². The molecule has 0 spiro atoms. The highest BCUT2D eigenvalue weighted by Gasteiger charge is 2.11. The highest BCUT2D eigenvalue weighted by molar-refractivity contribution is 7.99. The number of amidine groups is 1. The van der Waals surface area contributed by atoms with Crippen LogP contribution in [-0.2, 0) is 24.3 Å². The number of nitrogens with zero attached hydrogens (tertiary/aromatic N) is 3. The molecule has 0 radical (unpaired) electrons. The minimum absolute atomic E-state index is 0.252. The first-order valence-electron chi connectivity index (χ1n) is 12.0. The van der Waals surface area contributed by atoms with E-state index in [1.807, 2.05) is 18.6 Å². The average Bonchev–Trinajstić information content (AvgIpc) is 2.97. The van der Waals surface area contributed by atoms with Crippen molar-refractivity contribution >= 4 is 31.1 Å². The molecule has 8 heteroatoms. The molecule has 4 rings (SSSR count). The first-order valence-corrected chi connectivity index (χ1v) is 13.2. The van der Waals surface area contributed by atoms with Crippen LogP contribution in [0.2, 0.25) is 0 Å². The van der Waals surface area contributed by atoms with Gasteiger partial charge in [0.05, 0.1) is 6.54 Å². The van der Waals surface area contributed by atoms with E-state index in [1.165, 1.54) is 60.5 Å². The molecule has 0 atom stereocenters. The Morgan fingerprint density at radius 3 is 2.24 bits per heavy atom. The topological polar surface area (TPSA) is 83.1 Å². The fourth-order valence-electron chi connectivity index (χ4n) is 3.82. The van der Waals surface area contributed by atoms with Gasteiger partial charge in [-0.2, -0.15) is 16.9 Å². The number of nitrogens with one attached hydrogen (secondary N) is 1. The molecule has 0 aliphatic carbocycles. The van der Waals surface area contributed by atoms with Gasteiger partial charge in [-0.1, -0.05) is 54.6 Å². The monoisotopic (exact) mass is 521 g/mol. The van der Waals surface area contributed by atoms with Crippen LogP contribution in [0.5, 0.6) is 0 Å². The molecule has 3 aromatic rings. The zero-order valence-electron chi connectivity index (χ0n) is 21.4. The number of aliphatic imine (C=N–C) groups is 1. The molecule has 6 nitrogen and oxygen atoms in total. The molecule has 3 aromatic carbocycles. The highest BCUT2D eigenvalue weighted by atomic mass is 32.2. The van der Waals surface area contributed by atoms with E-state index in [0.717, 1.165) is 17.7 Å². The maximum absolute atomic E-state index is 13.1. The standard InChI is InChI=1S/C27H29FN4S.CH5N.CH2O/c1-29-27(18-21-7-11-26(28)12-8-21)31-30-19-22-5-9-24(10-6-22)25-4-2-3-23(17-25)20-32-13-15-33-16-14-32;2*1-2/h2-12,17,30H,1,13-16,18-20H2;2H2,1H3;1H2/b31-27-;;. The van der Waals surface area contributed by atoms with Gasteiger partial charge < -0.3 is 16.0 Å². The van der Waals surface area contributed by atoms with Gasteiger partial charge in [-0.25, -0.2) is 9.38 Å². The molecule has 1 aliphatic rings. The second-order valence-corrected chi connectivity index (χ2v) is 9.33. The summed E-state index contributed by atoms with van der Waals surface area (Å²) in [7, 11) is 1.50. The number of rotatable bonds is 8. The van der Waals surface area contributed by atoms with Crippen molar-refractivity contribution in [2.75, 3.05) is 31.6 Å². The summed E-state index contributed by atoms with van der Waals surface area (Å²) in [5, 5.41) is 4.34. The van der Waals surface area contributed by atoms with Crippen LogP contribution >= 0.6 is 11.8 Å². The molecule has 0 bridgehead atoms. The third kappa shape index (κ3) is 10.3. The molecule has 37 heavy (non-hydrogen) atoms. The zero-order valence-corrected chi connectivity index (χ0v) is 22.2. The number of hydrazone groups is 1. The predicted molar refractivity (Wildman–Crippen MR) is 156 cm³/mol. The SMILES string of the molecule is C=N/C(Cc1ccc(F)cc1)=N\NCc1ccc(-c2cccc(CN3CCSCC3)c2)cc1.C=O.CN. The maximum Gasteiger partial charge on any atom is 0.151 e. The molecule has 0 amide bonds. The molecule has 1 aliphatic heterocycles. The van der Waals surface area contributed by atoms with Crippen molar-refractivity contribution < 1.29 is 9.18 Å².